The van der Waals surface area contributed by atoms with Gasteiger partial charge in [0.15, 0.2) is 0 Å². The average molecular weight is 351 g/mol. The first-order chi connectivity index (χ1) is 11.3. The van der Waals surface area contributed by atoms with Crippen LogP contribution < -0.4 is 10.5 Å². The lowest BCUT2D eigenvalue weighted by Gasteiger charge is -2.06. The summed E-state index contributed by atoms with van der Waals surface area (Å²) in [5.41, 5.74) is 5.69. The van der Waals surface area contributed by atoms with E-state index in [0.717, 1.165) is 23.5 Å². The van der Waals surface area contributed by atoms with Gasteiger partial charge < -0.3 is 15.2 Å². The Hall–Kier alpha value is -2.74. The van der Waals surface area contributed by atoms with E-state index in [1.54, 1.807) is 6.92 Å². The molecule has 0 saturated carbocycles. The third-order valence-electron chi connectivity index (χ3n) is 3.14. The first-order valence-corrected chi connectivity index (χ1v) is 7.61. The summed E-state index contributed by atoms with van der Waals surface area (Å²) in [4.78, 5) is 35.7. The van der Waals surface area contributed by atoms with Gasteiger partial charge in [-0.25, -0.2) is 14.0 Å². The van der Waals surface area contributed by atoms with E-state index < -0.39 is 23.7 Å². The maximum absolute atomic E-state index is 12.9. The molecular formula is C16H14FNO5S. The molecule has 1 aromatic heterocycles. The standard InChI is InChI=1S/C16H14FNO5S/c1-8-13(23-15(20)9-3-5-10(17)6-4-9)11(7-12(18)19)24-14(8)16(21)22-2/h3-6H,7H2,1-2H3,(H2,18,19). The molecule has 0 aliphatic carbocycles. The van der Waals surface area contributed by atoms with Crippen LogP contribution in [0.25, 0.3) is 0 Å². The van der Waals surface area contributed by atoms with Gasteiger partial charge in [-0.3, -0.25) is 4.79 Å². The van der Waals surface area contributed by atoms with Crippen molar-refractivity contribution in [1.82, 2.24) is 0 Å². The minimum absolute atomic E-state index is 0.0912. The molecule has 0 fully saturated rings. The molecule has 8 heteroatoms. The smallest absolute Gasteiger partial charge is 0.348 e. The molecule has 2 N–H and O–H groups in total. The summed E-state index contributed by atoms with van der Waals surface area (Å²) in [6, 6.07) is 4.80. The zero-order valence-electron chi connectivity index (χ0n) is 12.9. The van der Waals surface area contributed by atoms with Crippen LogP contribution >= 0.6 is 11.3 Å². The third-order valence-corrected chi connectivity index (χ3v) is 4.39. The summed E-state index contributed by atoms with van der Waals surface area (Å²) in [5, 5.41) is 0. The Morgan fingerprint density at radius 1 is 1.17 bits per heavy atom. The molecule has 0 atom stereocenters. The predicted octanol–water partition coefficient (Wildman–Crippen LogP) is 2.23. The fourth-order valence-corrected chi connectivity index (χ4v) is 3.15. The van der Waals surface area contributed by atoms with Crippen LogP contribution in [0, 0.1) is 12.7 Å². The van der Waals surface area contributed by atoms with Gasteiger partial charge in [0.25, 0.3) is 0 Å². The van der Waals surface area contributed by atoms with Crippen LogP contribution in [-0.4, -0.2) is 25.0 Å². The second-order valence-electron chi connectivity index (χ2n) is 4.84. The van der Waals surface area contributed by atoms with Crippen molar-refractivity contribution in [3.8, 4) is 5.75 Å². The zero-order chi connectivity index (χ0) is 17.9. The maximum Gasteiger partial charge on any atom is 0.348 e. The molecule has 24 heavy (non-hydrogen) atoms. The van der Waals surface area contributed by atoms with Gasteiger partial charge in [0, 0.05) is 5.56 Å². The summed E-state index contributed by atoms with van der Waals surface area (Å²) in [5.74, 6) is -2.37. The van der Waals surface area contributed by atoms with Gasteiger partial charge in [0.1, 0.15) is 16.4 Å². The van der Waals surface area contributed by atoms with Crippen LogP contribution in [0.5, 0.6) is 5.75 Å². The lowest BCUT2D eigenvalue weighted by Crippen LogP contribution is -2.15. The van der Waals surface area contributed by atoms with Crippen molar-refractivity contribution in [2.45, 2.75) is 13.3 Å². The first-order valence-electron chi connectivity index (χ1n) is 6.80. The number of ether oxygens (including phenoxy) is 2. The van der Waals surface area contributed by atoms with Crippen LogP contribution in [0.4, 0.5) is 4.39 Å². The van der Waals surface area contributed by atoms with E-state index >= 15 is 0 Å². The van der Waals surface area contributed by atoms with Crippen molar-refractivity contribution >= 4 is 29.2 Å². The van der Waals surface area contributed by atoms with Crippen molar-refractivity contribution in [1.29, 1.82) is 0 Å². The van der Waals surface area contributed by atoms with Gasteiger partial charge in [-0.2, -0.15) is 0 Å². The number of rotatable bonds is 5. The molecule has 0 unspecified atom stereocenters. The summed E-state index contributed by atoms with van der Waals surface area (Å²) in [6.45, 7) is 1.57. The van der Waals surface area contributed by atoms with Crippen molar-refractivity contribution < 1.29 is 28.2 Å². The molecule has 0 spiro atoms. The van der Waals surface area contributed by atoms with Gasteiger partial charge in [-0.05, 0) is 31.2 Å². The molecule has 0 bridgehead atoms. The lowest BCUT2D eigenvalue weighted by atomic mass is 10.2. The molecule has 1 amide bonds. The van der Waals surface area contributed by atoms with Gasteiger partial charge in [0.05, 0.1) is 24.0 Å². The Morgan fingerprint density at radius 2 is 1.79 bits per heavy atom. The maximum atomic E-state index is 12.9. The SMILES string of the molecule is COC(=O)c1sc(CC(N)=O)c(OC(=O)c2ccc(F)cc2)c1C. The van der Waals surface area contributed by atoms with Crippen LogP contribution in [0.15, 0.2) is 24.3 Å². The molecule has 2 rings (SSSR count). The fourth-order valence-electron chi connectivity index (χ4n) is 1.99. The first kappa shape index (κ1) is 17.6. The number of thiophene rings is 1. The second kappa shape index (κ2) is 7.22. The fraction of sp³-hybridized carbons (Fsp3) is 0.188. The number of hydrogen-bond donors (Lipinski definition) is 1. The number of carbonyl (C=O) groups is 3. The lowest BCUT2D eigenvalue weighted by molar-refractivity contribution is -0.117. The molecule has 6 nitrogen and oxygen atoms in total. The summed E-state index contributed by atoms with van der Waals surface area (Å²) >= 11 is 0.974. The van der Waals surface area contributed by atoms with E-state index in [4.69, 9.17) is 10.5 Å². The molecule has 0 aliphatic heterocycles. The molecular weight excluding hydrogens is 337 g/mol. The molecule has 0 saturated heterocycles. The normalized spacial score (nSPS) is 10.3. The van der Waals surface area contributed by atoms with E-state index in [1.165, 1.54) is 19.2 Å². The Morgan fingerprint density at radius 3 is 2.33 bits per heavy atom. The Balaban J connectivity index is 2.38. The topological polar surface area (TPSA) is 95.7 Å². The number of methoxy groups -OCH3 is 1. The molecule has 1 heterocycles. The summed E-state index contributed by atoms with van der Waals surface area (Å²) < 4.78 is 22.9. The molecule has 1 aromatic carbocycles. The number of benzene rings is 1. The van der Waals surface area contributed by atoms with Crippen molar-refractivity contribution in [2.75, 3.05) is 7.11 Å². The highest BCUT2D eigenvalue weighted by Crippen LogP contribution is 2.36. The number of carbonyl (C=O) groups excluding carboxylic acids is 3. The molecule has 0 radical (unpaired) electrons. The van der Waals surface area contributed by atoms with E-state index in [0.29, 0.717) is 10.4 Å². The van der Waals surface area contributed by atoms with Gasteiger partial charge in [0.2, 0.25) is 5.91 Å². The number of primary amides is 1. The van der Waals surface area contributed by atoms with Crippen molar-refractivity contribution in [3.63, 3.8) is 0 Å². The van der Waals surface area contributed by atoms with Gasteiger partial charge in [-0.1, -0.05) is 0 Å². The van der Waals surface area contributed by atoms with E-state index in [1.807, 2.05) is 0 Å². The quantitative estimate of drug-likeness (QED) is 0.834. The van der Waals surface area contributed by atoms with Crippen LogP contribution in [0.1, 0.15) is 30.5 Å². The summed E-state index contributed by atoms with van der Waals surface area (Å²) in [6.07, 6.45) is -0.186. The monoisotopic (exact) mass is 351 g/mol. The highest BCUT2D eigenvalue weighted by molar-refractivity contribution is 7.14. The second-order valence-corrected chi connectivity index (χ2v) is 5.94. The minimum Gasteiger partial charge on any atom is -0.465 e. The predicted molar refractivity (Wildman–Crippen MR) is 84.7 cm³/mol. The van der Waals surface area contributed by atoms with E-state index in [-0.39, 0.29) is 22.6 Å². The van der Waals surface area contributed by atoms with Gasteiger partial charge >= 0.3 is 11.9 Å². The molecule has 126 valence electrons. The van der Waals surface area contributed by atoms with Gasteiger partial charge in [-0.15, -0.1) is 11.3 Å². The average Bonchev–Trinajstić information content (AvgIpc) is 2.83. The zero-order valence-corrected chi connectivity index (χ0v) is 13.7. The Kier molecular flexibility index (Phi) is 5.30. The number of halogens is 1. The van der Waals surface area contributed by atoms with Crippen molar-refractivity contribution in [2.24, 2.45) is 5.73 Å². The van der Waals surface area contributed by atoms with Crippen LogP contribution in [0.2, 0.25) is 0 Å². The van der Waals surface area contributed by atoms with E-state index in [2.05, 4.69) is 4.74 Å². The highest BCUT2D eigenvalue weighted by atomic mass is 32.1. The van der Waals surface area contributed by atoms with E-state index in [9.17, 15) is 18.8 Å². The number of hydrogen-bond acceptors (Lipinski definition) is 6. The van der Waals surface area contributed by atoms with Crippen LogP contribution in [-0.2, 0) is 16.0 Å². The Bertz CT molecular complexity index is 798. The van der Waals surface area contributed by atoms with Crippen molar-refractivity contribution in [3.05, 3.63) is 51.0 Å². The van der Waals surface area contributed by atoms with Crippen LogP contribution in [0.3, 0.4) is 0 Å². The highest BCUT2D eigenvalue weighted by Gasteiger charge is 2.25. The Labute approximate surface area is 141 Å². The number of esters is 2. The minimum atomic E-state index is -0.738. The third kappa shape index (κ3) is 3.77. The largest absolute Gasteiger partial charge is 0.465 e. The number of nitrogens with two attached hydrogens (primary N) is 1. The number of amides is 1. The molecule has 0 aliphatic rings. The summed E-state index contributed by atoms with van der Waals surface area (Å²) in [7, 11) is 1.22. The molecule has 2 aromatic rings.